The van der Waals surface area contributed by atoms with Gasteiger partial charge in [0.05, 0.1) is 16.5 Å². The van der Waals surface area contributed by atoms with E-state index in [1.807, 2.05) is 0 Å². The predicted octanol–water partition coefficient (Wildman–Crippen LogP) is 3.15. The summed E-state index contributed by atoms with van der Waals surface area (Å²) < 4.78 is 61.3. The first-order valence-corrected chi connectivity index (χ1v) is 9.05. The molecular formula is C17H17F3N2O3S. The van der Waals surface area contributed by atoms with Crippen molar-refractivity contribution in [3.63, 3.8) is 0 Å². The fraction of sp³-hybridized carbons (Fsp3) is 0.235. The Hall–Kier alpha value is -2.39. The van der Waals surface area contributed by atoms with Gasteiger partial charge in [-0.2, -0.15) is 13.2 Å². The van der Waals surface area contributed by atoms with Crippen LogP contribution in [0.5, 0.6) is 0 Å². The first kappa shape index (κ1) is 19.9. The fourth-order valence-electron chi connectivity index (χ4n) is 2.36. The summed E-state index contributed by atoms with van der Waals surface area (Å²) in [5, 5.41) is 7.63. The van der Waals surface area contributed by atoms with Crippen LogP contribution in [-0.2, 0) is 16.2 Å². The molecule has 140 valence electrons. The molecule has 26 heavy (non-hydrogen) atoms. The third-order valence-corrected chi connectivity index (χ3v) is 4.75. The molecule has 0 aromatic heterocycles. The van der Waals surface area contributed by atoms with Crippen LogP contribution in [0.1, 0.15) is 40.0 Å². The average Bonchev–Trinajstić information content (AvgIpc) is 2.53. The summed E-state index contributed by atoms with van der Waals surface area (Å²) >= 11 is 0. The molecule has 0 heterocycles. The first-order valence-electron chi connectivity index (χ1n) is 7.51. The summed E-state index contributed by atoms with van der Waals surface area (Å²) in [4.78, 5) is 12.2. The van der Waals surface area contributed by atoms with Crippen LogP contribution in [0, 0.1) is 6.92 Å². The molecule has 2 aromatic rings. The number of carbonyl (C=O) groups is 1. The van der Waals surface area contributed by atoms with Gasteiger partial charge in [-0.15, -0.1) is 0 Å². The molecule has 5 nitrogen and oxygen atoms in total. The minimum atomic E-state index is -4.49. The lowest BCUT2D eigenvalue weighted by atomic mass is 10.0. The molecule has 1 unspecified atom stereocenters. The highest BCUT2D eigenvalue weighted by Gasteiger charge is 2.30. The first-order chi connectivity index (χ1) is 11.9. The summed E-state index contributed by atoms with van der Waals surface area (Å²) in [5.74, 6) is -0.613. The summed E-state index contributed by atoms with van der Waals surface area (Å²) in [6.07, 6.45) is -4.49. The molecule has 0 fully saturated rings. The van der Waals surface area contributed by atoms with E-state index in [2.05, 4.69) is 5.32 Å². The lowest BCUT2D eigenvalue weighted by Gasteiger charge is -2.17. The smallest absolute Gasteiger partial charge is 0.346 e. The molecule has 9 heteroatoms. The maximum absolute atomic E-state index is 12.8. The number of sulfonamides is 1. The van der Waals surface area contributed by atoms with Crippen molar-refractivity contribution in [3.05, 3.63) is 64.7 Å². The van der Waals surface area contributed by atoms with Crippen molar-refractivity contribution < 1.29 is 26.4 Å². The number of hydrogen-bond donors (Lipinski definition) is 2. The topological polar surface area (TPSA) is 89.3 Å². The van der Waals surface area contributed by atoms with Gasteiger partial charge in [-0.05, 0) is 49.2 Å². The zero-order valence-corrected chi connectivity index (χ0v) is 14.8. The predicted molar refractivity (Wildman–Crippen MR) is 89.9 cm³/mol. The van der Waals surface area contributed by atoms with Crippen LogP contribution < -0.4 is 10.5 Å². The van der Waals surface area contributed by atoms with Crippen molar-refractivity contribution in [1.29, 1.82) is 0 Å². The fourth-order valence-corrected chi connectivity index (χ4v) is 2.90. The Morgan fingerprint density at radius 1 is 1.15 bits per heavy atom. The van der Waals surface area contributed by atoms with E-state index in [0.717, 1.165) is 18.2 Å². The minimum absolute atomic E-state index is 0.0790. The maximum Gasteiger partial charge on any atom is 0.416 e. The summed E-state index contributed by atoms with van der Waals surface area (Å²) in [6.45, 7) is 3.14. The van der Waals surface area contributed by atoms with E-state index in [4.69, 9.17) is 5.14 Å². The molecular weight excluding hydrogens is 369 g/mol. The Bertz CT molecular complexity index is 941. The molecule has 1 atom stereocenters. The second-order valence-corrected chi connectivity index (χ2v) is 7.40. The lowest BCUT2D eigenvalue weighted by Crippen LogP contribution is -2.28. The molecule has 1 amide bonds. The van der Waals surface area contributed by atoms with Crippen LogP contribution in [0.4, 0.5) is 13.2 Å². The molecule has 0 saturated heterocycles. The van der Waals surface area contributed by atoms with Crippen LogP contribution in [-0.4, -0.2) is 14.3 Å². The second kappa shape index (κ2) is 7.08. The third kappa shape index (κ3) is 4.61. The van der Waals surface area contributed by atoms with Gasteiger partial charge in [0, 0.05) is 5.56 Å². The van der Waals surface area contributed by atoms with E-state index in [-0.39, 0.29) is 16.0 Å². The highest BCUT2D eigenvalue weighted by Crippen LogP contribution is 2.30. The number of amides is 1. The molecule has 0 radical (unpaired) electrons. The van der Waals surface area contributed by atoms with Crippen molar-refractivity contribution in [2.45, 2.75) is 31.0 Å². The average molecular weight is 386 g/mol. The summed E-state index contributed by atoms with van der Waals surface area (Å²) in [6, 6.07) is 7.75. The van der Waals surface area contributed by atoms with E-state index in [1.54, 1.807) is 6.92 Å². The number of primary sulfonamides is 1. The molecule has 0 saturated carbocycles. The van der Waals surface area contributed by atoms with E-state index >= 15 is 0 Å². The molecule has 0 spiro atoms. The maximum atomic E-state index is 12.8. The Labute approximate surface area is 149 Å². The van der Waals surface area contributed by atoms with Crippen molar-refractivity contribution in [1.82, 2.24) is 5.32 Å². The SMILES string of the molecule is Cc1ccc(S(N)(=O)=O)cc1C(=O)NC(C)c1cccc(C(F)(F)F)c1. The van der Waals surface area contributed by atoms with Crippen molar-refractivity contribution in [3.8, 4) is 0 Å². The van der Waals surface area contributed by atoms with Gasteiger partial charge >= 0.3 is 6.18 Å². The Kier molecular flexibility index (Phi) is 5.43. The van der Waals surface area contributed by atoms with Gasteiger partial charge < -0.3 is 5.32 Å². The lowest BCUT2D eigenvalue weighted by molar-refractivity contribution is -0.137. The van der Waals surface area contributed by atoms with Gasteiger partial charge in [-0.3, -0.25) is 4.79 Å². The van der Waals surface area contributed by atoms with Crippen molar-refractivity contribution in [2.24, 2.45) is 5.14 Å². The number of carbonyl (C=O) groups excluding carboxylic acids is 1. The molecule has 3 N–H and O–H groups in total. The van der Waals surface area contributed by atoms with Crippen LogP contribution >= 0.6 is 0 Å². The van der Waals surface area contributed by atoms with E-state index < -0.39 is 33.7 Å². The Balaban J connectivity index is 2.28. The summed E-state index contributed by atoms with van der Waals surface area (Å²) in [5.41, 5.74) is 0.0402. The van der Waals surface area contributed by atoms with Crippen LogP contribution in [0.25, 0.3) is 0 Å². The second-order valence-electron chi connectivity index (χ2n) is 5.84. The third-order valence-electron chi connectivity index (χ3n) is 3.84. The molecule has 0 bridgehead atoms. The van der Waals surface area contributed by atoms with E-state index in [9.17, 15) is 26.4 Å². The molecule has 2 aromatic carbocycles. The van der Waals surface area contributed by atoms with Crippen molar-refractivity contribution in [2.75, 3.05) is 0 Å². The van der Waals surface area contributed by atoms with Gasteiger partial charge in [0.2, 0.25) is 10.0 Å². The van der Waals surface area contributed by atoms with Crippen LogP contribution in [0.2, 0.25) is 0 Å². The van der Waals surface area contributed by atoms with E-state index in [0.29, 0.717) is 5.56 Å². The minimum Gasteiger partial charge on any atom is -0.346 e. The number of hydrogen-bond acceptors (Lipinski definition) is 3. The van der Waals surface area contributed by atoms with Gasteiger partial charge in [-0.25, -0.2) is 13.6 Å². The molecule has 2 rings (SSSR count). The number of benzene rings is 2. The largest absolute Gasteiger partial charge is 0.416 e. The number of alkyl halides is 3. The molecule has 0 aliphatic carbocycles. The standard InChI is InChI=1S/C17H17F3N2O3S/c1-10-6-7-14(26(21,24)25)9-15(10)16(23)22-11(2)12-4-3-5-13(8-12)17(18,19)20/h3-9,11H,1-2H3,(H,22,23)(H2,21,24,25). The number of nitrogens with one attached hydrogen (secondary N) is 1. The van der Waals surface area contributed by atoms with Crippen molar-refractivity contribution >= 4 is 15.9 Å². The number of rotatable bonds is 4. The Morgan fingerprint density at radius 2 is 1.81 bits per heavy atom. The highest BCUT2D eigenvalue weighted by atomic mass is 32.2. The number of halogens is 3. The summed E-state index contributed by atoms with van der Waals surface area (Å²) in [7, 11) is -3.98. The van der Waals surface area contributed by atoms with Gasteiger partial charge in [0.15, 0.2) is 0 Å². The highest BCUT2D eigenvalue weighted by molar-refractivity contribution is 7.89. The van der Waals surface area contributed by atoms with Crippen LogP contribution in [0.3, 0.4) is 0 Å². The Morgan fingerprint density at radius 3 is 2.38 bits per heavy atom. The zero-order chi connectivity index (χ0) is 19.7. The number of aryl methyl sites for hydroxylation is 1. The van der Waals surface area contributed by atoms with Gasteiger partial charge in [-0.1, -0.05) is 18.2 Å². The molecule has 0 aliphatic heterocycles. The zero-order valence-electron chi connectivity index (χ0n) is 14.0. The van der Waals surface area contributed by atoms with Crippen LogP contribution in [0.15, 0.2) is 47.4 Å². The normalized spacial score (nSPS) is 13.3. The number of nitrogens with two attached hydrogens (primary N) is 1. The molecule has 0 aliphatic rings. The monoisotopic (exact) mass is 386 g/mol. The van der Waals surface area contributed by atoms with Gasteiger partial charge in [0.25, 0.3) is 5.91 Å². The van der Waals surface area contributed by atoms with Gasteiger partial charge in [0.1, 0.15) is 0 Å². The van der Waals surface area contributed by atoms with E-state index in [1.165, 1.54) is 31.2 Å². The quantitative estimate of drug-likeness (QED) is 0.846.